The van der Waals surface area contributed by atoms with Crippen LogP contribution < -0.4 is 5.32 Å². The smallest absolute Gasteiger partial charge is 0.222 e. The maximum atomic E-state index is 11.3. The van der Waals surface area contributed by atoms with Crippen molar-refractivity contribution in [2.24, 2.45) is 5.92 Å². The van der Waals surface area contributed by atoms with Crippen LogP contribution in [0, 0.1) is 5.92 Å². The predicted octanol–water partition coefficient (Wildman–Crippen LogP) is 1.18. The molecule has 72 valence electrons. The van der Waals surface area contributed by atoms with Gasteiger partial charge in [-0.15, -0.1) is 0 Å². The van der Waals surface area contributed by atoms with E-state index < -0.39 is 0 Å². The summed E-state index contributed by atoms with van der Waals surface area (Å²) >= 11 is 0. The summed E-state index contributed by atoms with van der Waals surface area (Å²) in [4.78, 5) is 11.3. The zero-order chi connectivity index (χ0) is 8.97. The fourth-order valence-electron chi connectivity index (χ4n) is 1.21. The van der Waals surface area contributed by atoms with Gasteiger partial charge in [0.2, 0.25) is 5.91 Å². The Hall–Kier alpha value is -0.570. The van der Waals surface area contributed by atoms with Crippen LogP contribution in [0.3, 0.4) is 0 Å². The maximum absolute atomic E-state index is 11.3. The highest BCUT2D eigenvalue weighted by molar-refractivity contribution is 5.78. The maximum Gasteiger partial charge on any atom is 0.222 e. The molecule has 0 spiro atoms. The molecule has 0 aromatic carbocycles. The van der Waals surface area contributed by atoms with Crippen molar-refractivity contribution in [1.29, 1.82) is 0 Å². The molecule has 0 aromatic heterocycles. The van der Waals surface area contributed by atoms with Crippen molar-refractivity contribution >= 4 is 5.91 Å². The number of carbonyl (C=O) groups is 1. The highest BCUT2D eigenvalue weighted by atomic mass is 16.5. The molecule has 1 rings (SSSR count). The van der Waals surface area contributed by atoms with E-state index in [0.29, 0.717) is 6.04 Å². The second-order valence-electron chi connectivity index (χ2n) is 3.55. The summed E-state index contributed by atoms with van der Waals surface area (Å²) in [7, 11) is 0. The van der Waals surface area contributed by atoms with Gasteiger partial charge in [-0.2, -0.15) is 0 Å². The second-order valence-corrected chi connectivity index (χ2v) is 3.55. The molecule has 1 amide bonds. The van der Waals surface area contributed by atoms with Crippen LogP contribution in [0.25, 0.3) is 0 Å². The third kappa shape index (κ3) is 2.81. The van der Waals surface area contributed by atoms with Gasteiger partial charge in [0.25, 0.3) is 0 Å². The molecule has 1 aliphatic rings. The van der Waals surface area contributed by atoms with E-state index in [1.165, 1.54) is 0 Å². The minimum Gasteiger partial charge on any atom is -0.381 e. The van der Waals surface area contributed by atoms with Crippen molar-refractivity contribution in [1.82, 2.24) is 5.32 Å². The number of carbonyl (C=O) groups excluding carboxylic acids is 1. The predicted molar refractivity (Wildman–Crippen MR) is 48.9 cm³/mol. The van der Waals surface area contributed by atoms with Crippen molar-refractivity contribution in [2.75, 3.05) is 13.2 Å². The van der Waals surface area contributed by atoms with Crippen LogP contribution >= 0.6 is 0 Å². The Kier molecular flexibility index (Phi) is 3.53. The van der Waals surface area contributed by atoms with Gasteiger partial charge in [-0.3, -0.25) is 4.79 Å². The van der Waals surface area contributed by atoms with Gasteiger partial charge in [0.05, 0.1) is 0 Å². The van der Waals surface area contributed by atoms with E-state index >= 15 is 0 Å². The van der Waals surface area contributed by atoms with Gasteiger partial charge < -0.3 is 10.1 Å². The third-order valence-electron chi connectivity index (χ3n) is 2.09. The lowest BCUT2D eigenvalue weighted by Crippen LogP contribution is -2.40. The summed E-state index contributed by atoms with van der Waals surface area (Å²) in [5.74, 6) is 0.245. The molecule has 1 heterocycles. The van der Waals surface area contributed by atoms with Crippen LogP contribution in [-0.4, -0.2) is 25.2 Å². The van der Waals surface area contributed by atoms with Gasteiger partial charge in [0, 0.05) is 26.6 Å². The molecule has 0 unspecified atom stereocenters. The standard InChI is InChI=1S/C9H17NO2.H2/c1-7(2)9(11)10-8-3-5-12-6-4-8;/h7-8H,3-6H2,1-2H3,(H,10,11);1H. The zero-order valence-corrected chi connectivity index (χ0v) is 7.80. The van der Waals surface area contributed by atoms with Crippen molar-refractivity contribution in [3.05, 3.63) is 0 Å². The highest BCUT2D eigenvalue weighted by Crippen LogP contribution is 2.06. The summed E-state index contributed by atoms with van der Waals surface area (Å²) in [5, 5.41) is 3.00. The Morgan fingerprint density at radius 2 is 2.08 bits per heavy atom. The lowest BCUT2D eigenvalue weighted by molar-refractivity contribution is -0.125. The minimum absolute atomic E-state index is 0. The Labute approximate surface area is 75.0 Å². The molecule has 0 aromatic rings. The van der Waals surface area contributed by atoms with Crippen molar-refractivity contribution < 1.29 is 11.0 Å². The van der Waals surface area contributed by atoms with E-state index in [1.807, 2.05) is 13.8 Å². The Balaban J connectivity index is 0.00000144. The first-order chi connectivity index (χ1) is 5.70. The molecular formula is C9H19NO2. The van der Waals surface area contributed by atoms with Gasteiger partial charge in [0.1, 0.15) is 0 Å². The molecule has 0 atom stereocenters. The van der Waals surface area contributed by atoms with E-state index in [9.17, 15) is 4.79 Å². The molecule has 0 bridgehead atoms. The topological polar surface area (TPSA) is 38.3 Å². The summed E-state index contributed by atoms with van der Waals surface area (Å²) in [5.41, 5.74) is 0. The normalized spacial score (nSPS) is 19.6. The SMILES string of the molecule is CC(C)C(=O)NC1CCOCC1.[HH]. The van der Waals surface area contributed by atoms with Crippen molar-refractivity contribution in [3.8, 4) is 0 Å². The highest BCUT2D eigenvalue weighted by Gasteiger charge is 2.17. The van der Waals surface area contributed by atoms with Gasteiger partial charge in [0.15, 0.2) is 0 Å². The van der Waals surface area contributed by atoms with Gasteiger partial charge >= 0.3 is 0 Å². The third-order valence-corrected chi connectivity index (χ3v) is 2.09. The molecule has 12 heavy (non-hydrogen) atoms. The molecule has 3 nitrogen and oxygen atoms in total. The van der Waals surface area contributed by atoms with Crippen LogP contribution in [0.1, 0.15) is 28.1 Å². The quantitative estimate of drug-likeness (QED) is 0.681. The Morgan fingerprint density at radius 3 is 2.58 bits per heavy atom. The summed E-state index contributed by atoms with van der Waals surface area (Å²) in [6.07, 6.45) is 1.91. The minimum atomic E-state index is 0. The second kappa shape index (κ2) is 4.45. The lowest BCUT2D eigenvalue weighted by Gasteiger charge is -2.23. The first kappa shape index (κ1) is 9.52. The van der Waals surface area contributed by atoms with Crippen molar-refractivity contribution in [3.63, 3.8) is 0 Å². The van der Waals surface area contributed by atoms with Gasteiger partial charge in [-0.05, 0) is 12.8 Å². The van der Waals surface area contributed by atoms with Gasteiger partial charge in [-0.25, -0.2) is 0 Å². The molecule has 3 heteroatoms. The average molecular weight is 173 g/mol. The van der Waals surface area contributed by atoms with E-state index in [-0.39, 0.29) is 13.3 Å². The van der Waals surface area contributed by atoms with E-state index in [1.54, 1.807) is 0 Å². The summed E-state index contributed by atoms with van der Waals surface area (Å²) in [6, 6.07) is 0.341. The summed E-state index contributed by atoms with van der Waals surface area (Å²) < 4.78 is 5.19. The average Bonchev–Trinajstić information content (AvgIpc) is 2.06. The number of hydrogen-bond donors (Lipinski definition) is 1. The number of rotatable bonds is 2. The first-order valence-electron chi connectivity index (χ1n) is 4.58. The number of ether oxygens (including phenoxy) is 1. The molecular weight excluding hydrogens is 154 g/mol. The van der Waals surface area contributed by atoms with Crippen LogP contribution in [0.2, 0.25) is 0 Å². The fourth-order valence-corrected chi connectivity index (χ4v) is 1.21. The fraction of sp³-hybridized carbons (Fsp3) is 0.889. The van der Waals surface area contributed by atoms with E-state index in [0.717, 1.165) is 26.1 Å². The van der Waals surface area contributed by atoms with Gasteiger partial charge in [-0.1, -0.05) is 13.8 Å². The molecule has 1 N–H and O–H groups in total. The van der Waals surface area contributed by atoms with Crippen LogP contribution in [0.5, 0.6) is 0 Å². The summed E-state index contributed by atoms with van der Waals surface area (Å²) in [6.45, 7) is 5.38. The molecule has 0 saturated carbocycles. The molecule has 1 fully saturated rings. The van der Waals surface area contributed by atoms with Crippen LogP contribution in [0.15, 0.2) is 0 Å². The largest absolute Gasteiger partial charge is 0.381 e. The molecule has 1 aliphatic heterocycles. The zero-order valence-electron chi connectivity index (χ0n) is 7.80. The number of hydrogen-bond acceptors (Lipinski definition) is 2. The van der Waals surface area contributed by atoms with Crippen LogP contribution in [0.4, 0.5) is 0 Å². The number of nitrogens with one attached hydrogen (secondary N) is 1. The number of amides is 1. The Morgan fingerprint density at radius 1 is 1.50 bits per heavy atom. The van der Waals surface area contributed by atoms with Crippen LogP contribution in [-0.2, 0) is 9.53 Å². The van der Waals surface area contributed by atoms with E-state index in [2.05, 4.69) is 5.32 Å². The molecule has 1 saturated heterocycles. The lowest BCUT2D eigenvalue weighted by atomic mass is 10.1. The molecule has 0 radical (unpaired) electrons. The Bertz CT molecular complexity index is 156. The van der Waals surface area contributed by atoms with E-state index in [4.69, 9.17) is 4.74 Å². The van der Waals surface area contributed by atoms with Crippen molar-refractivity contribution in [2.45, 2.75) is 32.7 Å². The monoisotopic (exact) mass is 173 g/mol. The first-order valence-corrected chi connectivity index (χ1v) is 4.58. The molecule has 0 aliphatic carbocycles.